The van der Waals surface area contributed by atoms with Gasteiger partial charge in [0.15, 0.2) is 0 Å². The predicted octanol–water partition coefficient (Wildman–Crippen LogP) is -0.155. The van der Waals surface area contributed by atoms with Gasteiger partial charge in [0.1, 0.15) is 0 Å². The van der Waals surface area contributed by atoms with Crippen molar-refractivity contribution in [2.24, 2.45) is 17.4 Å². The second-order valence-electron chi connectivity index (χ2n) is 2.51. The number of amides is 1. The molecule has 0 aromatic heterocycles. The van der Waals surface area contributed by atoms with E-state index in [1.165, 1.54) is 0 Å². The van der Waals surface area contributed by atoms with Gasteiger partial charge in [-0.2, -0.15) is 0 Å². The van der Waals surface area contributed by atoms with Crippen molar-refractivity contribution in [1.29, 1.82) is 0 Å². The van der Waals surface area contributed by atoms with Crippen LogP contribution in [0.15, 0.2) is 0 Å². The van der Waals surface area contributed by atoms with Crippen LogP contribution in [0.25, 0.3) is 0 Å². The lowest BCUT2D eigenvalue weighted by atomic mass is 10.0. The van der Waals surface area contributed by atoms with Crippen molar-refractivity contribution in [3.05, 3.63) is 0 Å². The third kappa shape index (κ3) is 3.97. The maximum Gasteiger partial charge on any atom is 0.217 e. The van der Waals surface area contributed by atoms with Crippen molar-refractivity contribution in [1.82, 2.24) is 0 Å². The van der Waals surface area contributed by atoms with E-state index >= 15 is 0 Å². The van der Waals surface area contributed by atoms with Gasteiger partial charge in [-0.15, -0.1) is 0 Å². The smallest absolute Gasteiger partial charge is 0.217 e. The summed E-state index contributed by atoms with van der Waals surface area (Å²) in [6.07, 6.45) is 0.387. The minimum Gasteiger partial charge on any atom is -0.370 e. The highest BCUT2D eigenvalue weighted by Crippen LogP contribution is 2.03. The fourth-order valence-electron chi connectivity index (χ4n) is 0.503. The molecule has 0 spiro atoms. The lowest BCUT2D eigenvalue weighted by Gasteiger charge is -2.11. The molecule has 0 fully saturated rings. The van der Waals surface area contributed by atoms with E-state index < -0.39 is 0 Å². The van der Waals surface area contributed by atoms with E-state index in [-0.39, 0.29) is 17.9 Å². The molecule has 3 heteroatoms. The lowest BCUT2D eigenvalue weighted by Crippen LogP contribution is -2.28. The van der Waals surface area contributed by atoms with E-state index in [2.05, 4.69) is 0 Å². The van der Waals surface area contributed by atoms with Gasteiger partial charge in [0.25, 0.3) is 0 Å². The number of hydrogen-bond donors (Lipinski definition) is 2. The topological polar surface area (TPSA) is 69.1 Å². The van der Waals surface area contributed by atoms with Crippen LogP contribution < -0.4 is 11.5 Å². The Labute approximate surface area is 55.4 Å². The van der Waals surface area contributed by atoms with Gasteiger partial charge in [0.2, 0.25) is 5.91 Å². The van der Waals surface area contributed by atoms with Gasteiger partial charge in [-0.1, -0.05) is 6.92 Å². The molecule has 9 heavy (non-hydrogen) atoms. The summed E-state index contributed by atoms with van der Waals surface area (Å²) in [5.41, 5.74) is 10.4. The summed E-state index contributed by atoms with van der Waals surface area (Å²) in [5.74, 6) is -0.0812. The van der Waals surface area contributed by atoms with E-state index in [1.807, 2.05) is 13.8 Å². The first kappa shape index (κ1) is 8.43. The van der Waals surface area contributed by atoms with Crippen molar-refractivity contribution in [2.45, 2.75) is 26.3 Å². The van der Waals surface area contributed by atoms with Crippen LogP contribution in [0, 0.1) is 5.92 Å². The van der Waals surface area contributed by atoms with Crippen LogP contribution in [-0.4, -0.2) is 11.9 Å². The molecule has 0 aliphatic rings. The Bertz CT molecular complexity index is 101. The summed E-state index contributed by atoms with van der Waals surface area (Å²) >= 11 is 0. The van der Waals surface area contributed by atoms with E-state index in [1.54, 1.807) is 0 Å². The second kappa shape index (κ2) is 3.45. The maximum atomic E-state index is 10.3. The van der Waals surface area contributed by atoms with Gasteiger partial charge in [-0.3, -0.25) is 4.79 Å². The van der Waals surface area contributed by atoms with Gasteiger partial charge < -0.3 is 11.5 Å². The number of primary amides is 1. The Morgan fingerprint density at radius 2 is 2.00 bits per heavy atom. The summed E-state index contributed by atoms with van der Waals surface area (Å²) in [5, 5.41) is 0. The van der Waals surface area contributed by atoms with Crippen LogP contribution in [0.1, 0.15) is 20.3 Å². The molecule has 1 amide bonds. The number of rotatable bonds is 3. The predicted molar refractivity (Wildman–Crippen MR) is 36.6 cm³/mol. The Morgan fingerprint density at radius 3 is 2.11 bits per heavy atom. The number of hydrogen-bond acceptors (Lipinski definition) is 2. The fourth-order valence-corrected chi connectivity index (χ4v) is 0.503. The molecule has 0 rings (SSSR count). The van der Waals surface area contributed by atoms with Gasteiger partial charge >= 0.3 is 0 Å². The normalized spacial score (nSPS) is 16.8. The summed E-state index contributed by atoms with van der Waals surface area (Å²) in [6.45, 7) is 3.78. The number of carbonyl (C=O) groups excluding carboxylic acids is 1. The molecule has 0 radical (unpaired) electrons. The van der Waals surface area contributed by atoms with E-state index in [0.717, 1.165) is 0 Å². The minimum absolute atomic E-state index is 0.0532. The molecule has 0 aromatic carbocycles. The maximum absolute atomic E-state index is 10.3. The van der Waals surface area contributed by atoms with Gasteiger partial charge in [-0.05, 0) is 12.8 Å². The molecule has 0 heterocycles. The van der Waals surface area contributed by atoms with E-state index in [0.29, 0.717) is 6.42 Å². The molecule has 3 nitrogen and oxygen atoms in total. The fraction of sp³-hybridized carbons (Fsp3) is 0.833. The number of nitrogens with two attached hydrogens (primary N) is 2. The molecule has 4 N–H and O–H groups in total. The van der Waals surface area contributed by atoms with Crippen molar-refractivity contribution in [3.8, 4) is 0 Å². The molecular weight excluding hydrogens is 116 g/mol. The zero-order valence-corrected chi connectivity index (χ0v) is 5.92. The average molecular weight is 130 g/mol. The molecule has 54 valence electrons. The quantitative estimate of drug-likeness (QED) is 0.557. The lowest BCUT2D eigenvalue weighted by molar-refractivity contribution is -0.118. The summed E-state index contributed by atoms with van der Waals surface area (Å²) in [6, 6.07) is 0.0532. The first-order valence-corrected chi connectivity index (χ1v) is 3.08. The SMILES string of the molecule is CC(N)C(C)CC(N)=O. The highest BCUT2D eigenvalue weighted by Gasteiger charge is 2.09. The molecule has 0 aromatic rings. The first-order chi connectivity index (χ1) is 4.04. The van der Waals surface area contributed by atoms with Gasteiger partial charge in [0, 0.05) is 12.5 Å². The van der Waals surface area contributed by atoms with Crippen LogP contribution in [0.4, 0.5) is 0 Å². The molecule has 0 saturated heterocycles. The minimum atomic E-state index is -0.278. The average Bonchev–Trinajstić information content (AvgIpc) is 1.63. The summed E-state index contributed by atoms with van der Waals surface area (Å²) < 4.78 is 0. The van der Waals surface area contributed by atoms with Crippen molar-refractivity contribution < 1.29 is 4.79 Å². The number of carbonyl (C=O) groups is 1. The molecule has 0 saturated carbocycles. The Hall–Kier alpha value is -0.570. The molecule has 2 atom stereocenters. The van der Waals surface area contributed by atoms with E-state index in [4.69, 9.17) is 11.5 Å². The van der Waals surface area contributed by atoms with Gasteiger partial charge in [-0.25, -0.2) is 0 Å². The Morgan fingerprint density at radius 1 is 1.56 bits per heavy atom. The second-order valence-corrected chi connectivity index (χ2v) is 2.51. The standard InChI is InChI=1S/C6H14N2O/c1-4(5(2)7)3-6(8)9/h4-5H,3,7H2,1-2H3,(H2,8,9). The zero-order valence-electron chi connectivity index (χ0n) is 5.92. The highest BCUT2D eigenvalue weighted by molar-refractivity contribution is 5.73. The largest absolute Gasteiger partial charge is 0.370 e. The Kier molecular flexibility index (Phi) is 3.24. The Balaban J connectivity index is 3.50. The van der Waals surface area contributed by atoms with Crippen molar-refractivity contribution >= 4 is 5.91 Å². The van der Waals surface area contributed by atoms with Crippen LogP contribution in [-0.2, 0) is 4.79 Å². The van der Waals surface area contributed by atoms with E-state index in [9.17, 15) is 4.79 Å². The third-order valence-electron chi connectivity index (χ3n) is 1.42. The molecule has 0 bridgehead atoms. The first-order valence-electron chi connectivity index (χ1n) is 3.08. The third-order valence-corrected chi connectivity index (χ3v) is 1.42. The molecular formula is C6H14N2O. The zero-order chi connectivity index (χ0) is 7.44. The van der Waals surface area contributed by atoms with Gasteiger partial charge in [0.05, 0.1) is 0 Å². The summed E-state index contributed by atoms with van der Waals surface area (Å²) in [4.78, 5) is 10.3. The highest BCUT2D eigenvalue weighted by atomic mass is 16.1. The van der Waals surface area contributed by atoms with Crippen molar-refractivity contribution in [2.75, 3.05) is 0 Å². The van der Waals surface area contributed by atoms with Crippen LogP contribution in [0.3, 0.4) is 0 Å². The van der Waals surface area contributed by atoms with Crippen LogP contribution in [0.5, 0.6) is 0 Å². The van der Waals surface area contributed by atoms with Crippen LogP contribution >= 0.6 is 0 Å². The van der Waals surface area contributed by atoms with Crippen LogP contribution in [0.2, 0.25) is 0 Å². The molecule has 2 unspecified atom stereocenters. The van der Waals surface area contributed by atoms with Crippen molar-refractivity contribution in [3.63, 3.8) is 0 Å². The summed E-state index contributed by atoms with van der Waals surface area (Å²) in [7, 11) is 0. The monoisotopic (exact) mass is 130 g/mol. The molecule has 0 aliphatic heterocycles. The molecule has 0 aliphatic carbocycles.